The summed E-state index contributed by atoms with van der Waals surface area (Å²) in [6.45, 7) is 10.7. The maximum absolute atomic E-state index is 11.7. The van der Waals surface area contributed by atoms with Gasteiger partial charge in [0.05, 0.1) is 5.56 Å². The molecule has 1 aliphatic heterocycles. The van der Waals surface area contributed by atoms with Crippen molar-refractivity contribution in [3.63, 3.8) is 0 Å². The molecular weight excluding hydrogens is 320 g/mol. The van der Waals surface area contributed by atoms with E-state index in [1.54, 1.807) is 0 Å². The number of ether oxygens (including phenoxy) is 1. The van der Waals surface area contributed by atoms with Gasteiger partial charge in [-0.1, -0.05) is 44.7 Å². The molecule has 0 radical (unpaired) electrons. The molecule has 0 saturated carbocycles. The summed E-state index contributed by atoms with van der Waals surface area (Å²) in [4.78, 5) is 11.7. The van der Waals surface area contributed by atoms with Crippen LogP contribution in [0, 0.1) is 11.8 Å². The molecule has 2 aromatic rings. The quantitative estimate of drug-likeness (QED) is 0.545. The van der Waals surface area contributed by atoms with Crippen LogP contribution < -0.4 is 4.74 Å². The molecule has 134 valence electrons. The standard InChI is InChI=1S/C24H26O2/c1-6-17-7-9-18(10-8-17)11-12-19-13-20(15-25)22-21(14-19)23(2,3)16-24(4,5)26-22/h7-10,13-15H,6,16H2,1-5H3. The van der Waals surface area contributed by atoms with Crippen LogP contribution in [0.15, 0.2) is 36.4 Å². The van der Waals surface area contributed by atoms with Gasteiger partial charge in [-0.2, -0.15) is 0 Å². The molecule has 0 atom stereocenters. The number of hydrogen-bond acceptors (Lipinski definition) is 2. The van der Waals surface area contributed by atoms with E-state index in [4.69, 9.17) is 4.74 Å². The highest BCUT2D eigenvalue weighted by atomic mass is 16.5. The summed E-state index contributed by atoms with van der Waals surface area (Å²) in [6, 6.07) is 12.2. The number of benzene rings is 2. The van der Waals surface area contributed by atoms with Crippen molar-refractivity contribution in [1.82, 2.24) is 0 Å². The average Bonchev–Trinajstić information content (AvgIpc) is 2.58. The summed E-state index contributed by atoms with van der Waals surface area (Å²) in [7, 11) is 0. The fourth-order valence-corrected chi connectivity index (χ4v) is 3.87. The first-order valence-corrected chi connectivity index (χ1v) is 9.18. The fraction of sp³-hybridized carbons (Fsp3) is 0.375. The highest BCUT2D eigenvalue weighted by Crippen LogP contribution is 2.46. The van der Waals surface area contributed by atoms with Gasteiger partial charge in [0.2, 0.25) is 0 Å². The number of carbonyl (C=O) groups excluding carboxylic acids is 1. The van der Waals surface area contributed by atoms with Crippen molar-refractivity contribution in [3.8, 4) is 17.6 Å². The second kappa shape index (κ2) is 6.65. The van der Waals surface area contributed by atoms with Gasteiger partial charge in [0, 0.05) is 16.7 Å². The molecule has 2 heteroatoms. The minimum absolute atomic E-state index is 0.0741. The summed E-state index contributed by atoms with van der Waals surface area (Å²) in [5.41, 5.74) is 4.40. The van der Waals surface area contributed by atoms with Gasteiger partial charge in [-0.3, -0.25) is 4.79 Å². The van der Waals surface area contributed by atoms with Gasteiger partial charge in [-0.15, -0.1) is 0 Å². The van der Waals surface area contributed by atoms with Crippen molar-refractivity contribution in [2.45, 2.75) is 58.5 Å². The molecule has 0 unspecified atom stereocenters. The van der Waals surface area contributed by atoms with Gasteiger partial charge >= 0.3 is 0 Å². The Balaban J connectivity index is 2.03. The molecule has 0 fully saturated rings. The Bertz CT molecular complexity index is 890. The monoisotopic (exact) mass is 346 g/mol. The zero-order valence-electron chi connectivity index (χ0n) is 16.3. The number of rotatable bonds is 2. The van der Waals surface area contributed by atoms with Crippen LogP contribution in [0.4, 0.5) is 0 Å². The van der Waals surface area contributed by atoms with E-state index in [0.29, 0.717) is 11.3 Å². The Labute approximate surface area is 156 Å². The van der Waals surface area contributed by atoms with E-state index in [-0.39, 0.29) is 11.0 Å². The first-order chi connectivity index (χ1) is 12.2. The number of carbonyl (C=O) groups is 1. The predicted octanol–water partition coefficient (Wildman–Crippen LogP) is 5.30. The van der Waals surface area contributed by atoms with Crippen molar-refractivity contribution in [2.24, 2.45) is 0 Å². The van der Waals surface area contributed by atoms with E-state index < -0.39 is 0 Å². The van der Waals surface area contributed by atoms with Gasteiger partial charge in [-0.25, -0.2) is 0 Å². The van der Waals surface area contributed by atoms with Crippen LogP contribution >= 0.6 is 0 Å². The van der Waals surface area contributed by atoms with Crippen LogP contribution in [0.5, 0.6) is 5.75 Å². The maximum Gasteiger partial charge on any atom is 0.153 e. The molecule has 0 spiro atoms. The second-order valence-corrected chi connectivity index (χ2v) is 8.28. The number of hydrogen-bond donors (Lipinski definition) is 0. The predicted molar refractivity (Wildman–Crippen MR) is 106 cm³/mol. The van der Waals surface area contributed by atoms with E-state index >= 15 is 0 Å². The third-order valence-electron chi connectivity index (χ3n) is 4.93. The van der Waals surface area contributed by atoms with E-state index in [1.165, 1.54) is 5.56 Å². The molecule has 2 aromatic carbocycles. The smallest absolute Gasteiger partial charge is 0.153 e. The molecule has 0 aliphatic carbocycles. The summed E-state index contributed by atoms with van der Waals surface area (Å²) >= 11 is 0. The second-order valence-electron chi connectivity index (χ2n) is 8.28. The lowest BCUT2D eigenvalue weighted by molar-refractivity contribution is 0.0524. The van der Waals surface area contributed by atoms with E-state index in [1.807, 2.05) is 18.2 Å². The Morgan fingerprint density at radius 3 is 2.31 bits per heavy atom. The molecule has 0 bridgehead atoms. The van der Waals surface area contributed by atoms with Crippen molar-refractivity contribution in [1.29, 1.82) is 0 Å². The molecule has 1 heterocycles. The van der Waals surface area contributed by atoms with Crippen molar-refractivity contribution in [2.75, 3.05) is 0 Å². The molecule has 2 nitrogen and oxygen atoms in total. The summed E-state index contributed by atoms with van der Waals surface area (Å²) < 4.78 is 6.14. The highest BCUT2D eigenvalue weighted by Gasteiger charge is 2.40. The first kappa shape index (κ1) is 18.3. The summed E-state index contributed by atoms with van der Waals surface area (Å²) in [5, 5.41) is 0. The topological polar surface area (TPSA) is 26.3 Å². The number of fused-ring (bicyclic) bond motifs is 1. The average molecular weight is 346 g/mol. The van der Waals surface area contributed by atoms with Crippen molar-refractivity contribution >= 4 is 6.29 Å². The minimum Gasteiger partial charge on any atom is -0.487 e. The van der Waals surface area contributed by atoms with Gasteiger partial charge in [0.25, 0.3) is 0 Å². The lowest BCUT2D eigenvalue weighted by Crippen LogP contribution is -2.41. The third kappa shape index (κ3) is 3.68. The van der Waals surface area contributed by atoms with Crippen LogP contribution in [-0.4, -0.2) is 11.9 Å². The molecular formula is C24H26O2. The maximum atomic E-state index is 11.7. The van der Waals surface area contributed by atoms with Gasteiger partial charge in [-0.05, 0) is 61.9 Å². The molecule has 0 amide bonds. The Kier molecular flexibility index (Phi) is 4.67. The fourth-order valence-electron chi connectivity index (χ4n) is 3.87. The molecule has 1 aliphatic rings. The van der Waals surface area contributed by atoms with E-state index in [0.717, 1.165) is 35.8 Å². The molecule has 26 heavy (non-hydrogen) atoms. The van der Waals surface area contributed by atoms with Crippen LogP contribution in [0.25, 0.3) is 0 Å². The summed E-state index contributed by atoms with van der Waals surface area (Å²) in [5.74, 6) is 7.13. The third-order valence-corrected chi connectivity index (χ3v) is 4.93. The Morgan fingerprint density at radius 2 is 1.69 bits per heavy atom. The SMILES string of the molecule is CCc1ccc(C#Cc2cc(C=O)c3c(c2)C(C)(C)CC(C)(C)O3)cc1. The molecule has 0 N–H and O–H groups in total. The Morgan fingerprint density at radius 1 is 1.04 bits per heavy atom. The number of aryl methyl sites for hydroxylation is 1. The first-order valence-electron chi connectivity index (χ1n) is 9.18. The largest absolute Gasteiger partial charge is 0.487 e. The normalized spacial score (nSPS) is 16.7. The van der Waals surface area contributed by atoms with Crippen molar-refractivity contribution in [3.05, 3.63) is 64.2 Å². The van der Waals surface area contributed by atoms with Crippen LogP contribution in [-0.2, 0) is 11.8 Å². The van der Waals surface area contributed by atoms with Gasteiger partial charge < -0.3 is 4.74 Å². The minimum atomic E-state index is -0.289. The van der Waals surface area contributed by atoms with Crippen LogP contribution in [0.3, 0.4) is 0 Å². The van der Waals surface area contributed by atoms with Gasteiger partial charge in [0.1, 0.15) is 11.4 Å². The van der Waals surface area contributed by atoms with Crippen molar-refractivity contribution < 1.29 is 9.53 Å². The number of aldehydes is 1. The van der Waals surface area contributed by atoms with Gasteiger partial charge in [0.15, 0.2) is 6.29 Å². The zero-order chi connectivity index (χ0) is 18.9. The molecule has 3 rings (SSSR count). The lowest BCUT2D eigenvalue weighted by atomic mass is 9.73. The molecule has 0 aromatic heterocycles. The van der Waals surface area contributed by atoms with Crippen LogP contribution in [0.1, 0.15) is 73.7 Å². The zero-order valence-corrected chi connectivity index (χ0v) is 16.3. The summed E-state index contributed by atoms with van der Waals surface area (Å²) in [6.07, 6.45) is 2.78. The van der Waals surface area contributed by atoms with E-state index in [2.05, 4.69) is 64.7 Å². The lowest BCUT2D eigenvalue weighted by Gasteiger charge is -2.43. The van der Waals surface area contributed by atoms with E-state index in [9.17, 15) is 4.79 Å². The Hall–Kier alpha value is -2.53. The van der Waals surface area contributed by atoms with Crippen LogP contribution in [0.2, 0.25) is 0 Å². The highest BCUT2D eigenvalue weighted by molar-refractivity contribution is 5.82. The molecule has 0 saturated heterocycles.